The number of aliphatic hydroxyl groups excluding tert-OH is 1. The molecular weight excluding hydrogens is 318 g/mol. The highest BCUT2D eigenvalue weighted by Gasteiger charge is 2.07. The lowest BCUT2D eigenvalue weighted by molar-refractivity contribution is 0.0626. The summed E-state index contributed by atoms with van der Waals surface area (Å²) < 4.78 is 12.8. The smallest absolute Gasteiger partial charge is 0.138 e. The molecule has 1 atom stereocenters. The second kappa shape index (κ2) is 8.30. The molecule has 0 amide bonds. The molecule has 2 aromatic carbocycles. The van der Waals surface area contributed by atoms with Gasteiger partial charge in [-0.15, -0.1) is 0 Å². The molecule has 0 saturated heterocycles. The van der Waals surface area contributed by atoms with Crippen LogP contribution in [-0.4, -0.2) is 39.2 Å². The zero-order valence-electron chi connectivity index (χ0n) is 14.1. The number of hydrogen-bond acceptors (Lipinski definition) is 5. The van der Waals surface area contributed by atoms with Crippen LogP contribution in [0.15, 0.2) is 61.2 Å². The van der Waals surface area contributed by atoms with Gasteiger partial charge in [-0.05, 0) is 48.4 Å². The first-order valence-corrected chi connectivity index (χ1v) is 8.22. The largest absolute Gasteiger partial charge is 0.491 e. The van der Waals surface area contributed by atoms with Crippen LogP contribution in [0.2, 0.25) is 0 Å². The Hall–Kier alpha value is -2.86. The quantitative estimate of drug-likeness (QED) is 0.683. The van der Waals surface area contributed by atoms with Crippen molar-refractivity contribution in [1.29, 1.82) is 0 Å². The molecule has 1 aromatic heterocycles. The third-order valence-electron chi connectivity index (χ3n) is 3.74. The standard InChI is InChI=1S/C19H21N3O3/c1-2-15-3-7-18(8-4-15)24-11-17(23)12-25-19-9-5-16(6-10-19)22-14-20-13-21-22/h3-10,13-14,17,23H,2,11-12H2,1H3. The van der Waals surface area contributed by atoms with E-state index >= 15 is 0 Å². The van der Waals surface area contributed by atoms with Crippen LogP contribution in [0.25, 0.3) is 5.69 Å². The van der Waals surface area contributed by atoms with Crippen LogP contribution in [0.4, 0.5) is 0 Å². The summed E-state index contributed by atoms with van der Waals surface area (Å²) in [5, 5.41) is 14.1. The van der Waals surface area contributed by atoms with Crippen LogP contribution in [0.1, 0.15) is 12.5 Å². The monoisotopic (exact) mass is 339 g/mol. The molecule has 6 heteroatoms. The second-order valence-electron chi connectivity index (χ2n) is 5.61. The van der Waals surface area contributed by atoms with E-state index in [0.29, 0.717) is 5.75 Å². The molecule has 0 radical (unpaired) electrons. The van der Waals surface area contributed by atoms with Crippen molar-refractivity contribution in [1.82, 2.24) is 14.8 Å². The number of aliphatic hydroxyl groups is 1. The summed E-state index contributed by atoms with van der Waals surface area (Å²) in [7, 11) is 0. The highest BCUT2D eigenvalue weighted by Crippen LogP contribution is 2.15. The van der Waals surface area contributed by atoms with Crippen LogP contribution < -0.4 is 9.47 Å². The third-order valence-corrected chi connectivity index (χ3v) is 3.74. The lowest BCUT2D eigenvalue weighted by Crippen LogP contribution is -2.25. The summed E-state index contributed by atoms with van der Waals surface area (Å²) in [5.74, 6) is 1.42. The number of aryl methyl sites for hydroxylation is 1. The molecule has 0 aliphatic heterocycles. The van der Waals surface area contributed by atoms with Crippen molar-refractivity contribution >= 4 is 0 Å². The summed E-state index contributed by atoms with van der Waals surface area (Å²) in [4.78, 5) is 3.91. The van der Waals surface area contributed by atoms with Gasteiger partial charge in [-0.3, -0.25) is 0 Å². The first-order valence-electron chi connectivity index (χ1n) is 8.22. The van der Waals surface area contributed by atoms with Crippen molar-refractivity contribution in [3.05, 3.63) is 66.7 Å². The van der Waals surface area contributed by atoms with E-state index in [2.05, 4.69) is 17.0 Å². The average molecular weight is 339 g/mol. The van der Waals surface area contributed by atoms with E-state index in [-0.39, 0.29) is 13.2 Å². The predicted octanol–water partition coefficient (Wildman–Crippen LogP) is 2.65. The van der Waals surface area contributed by atoms with Crippen LogP contribution in [0.5, 0.6) is 11.5 Å². The van der Waals surface area contributed by atoms with Crippen LogP contribution in [-0.2, 0) is 6.42 Å². The molecule has 3 rings (SSSR count). The van der Waals surface area contributed by atoms with Crippen molar-refractivity contribution in [3.8, 4) is 17.2 Å². The highest BCUT2D eigenvalue weighted by atomic mass is 16.5. The number of rotatable bonds is 8. The molecule has 0 fully saturated rings. The fourth-order valence-electron chi connectivity index (χ4n) is 2.29. The predicted molar refractivity (Wildman–Crippen MR) is 94.2 cm³/mol. The number of benzene rings is 2. The minimum absolute atomic E-state index is 0.162. The third kappa shape index (κ3) is 4.81. The maximum Gasteiger partial charge on any atom is 0.138 e. The van der Waals surface area contributed by atoms with Crippen molar-refractivity contribution in [3.63, 3.8) is 0 Å². The molecule has 0 aliphatic carbocycles. The normalized spacial score (nSPS) is 11.9. The highest BCUT2D eigenvalue weighted by molar-refractivity contribution is 5.36. The molecule has 3 aromatic rings. The van der Waals surface area contributed by atoms with Gasteiger partial charge in [-0.25, -0.2) is 9.67 Å². The molecule has 6 nitrogen and oxygen atoms in total. The lowest BCUT2D eigenvalue weighted by Gasteiger charge is -2.14. The second-order valence-corrected chi connectivity index (χ2v) is 5.61. The maximum atomic E-state index is 10.0. The number of aromatic nitrogens is 3. The van der Waals surface area contributed by atoms with Gasteiger partial charge in [0.1, 0.15) is 43.5 Å². The molecule has 25 heavy (non-hydrogen) atoms. The Kier molecular flexibility index (Phi) is 5.64. The zero-order chi connectivity index (χ0) is 17.5. The van der Waals surface area contributed by atoms with Gasteiger partial charge in [-0.1, -0.05) is 19.1 Å². The van der Waals surface area contributed by atoms with E-state index in [1.807, 2.05) is 48.5 Å². The van der Waals surface area contributed by atoms with Crippen molar-refractivity contribution in [2.45, 2.75) is 19.4 Å². The molecule has 0 saturated carbocycles. The van der Waals surface area contributed by atoms with E-state index in [0.717, 1.165) is 17.9 Å². The van der Waals surface area contributed by atoms with E-state index in [1.165, 1.54) is 11.9 Å². The SMILES string of the molecule is CCc1ccc(OCC(O)COc2ccc(-n3cncn3)cc2)cc1. The molecule has 130 valence electrons. The summed E-state index contributed by atoms with van der Waals surface area (Å²) >= 11 is 0. The first-order chi connectivity index (χ1) is 12.2. The zero-order valence-corrected chi connectivity index (χ0v) is 14.1. The Morgan fingerprint density at radius 1 is 0.960 bits per heavy atom. The van der Waals surface area contributed by atoms with Gasteiger partial charge in [0.05, 0.1) is 5.69 Å². The molecular formula is C19H21N3O3. The maximum absolute atomic E-state index is 10.0. The summed E-state index contributed by atoms with van der Waals surface area (Å²) in [6.07, 6.45) is 3.40. The number of ether oxygens (including phenoxy) is 2. The van der Waals surface area contributed by atoms with Gasteiger partial charge < -0.3 is 14.6 Å². The van der Waals surface area contributed by atoms with Gasteiger partial charge in [0, 0.05) is 0 Å². The molecule has 0 aliphatic rings. The van der Waals surface area contributed by atoms with Gasteiger partial charge in [-0.2, -0.15) is 5.10 Å². The number of hydrogen-bond donors (Lipinski definition) is 1. The molecule has 1 N–H and O–H groups in total. The minimum Gasteiger partial charge on any atom is -0.491 e. The summed E-state index contributed by atoms with van der Waals surface area (Å²) in [5.41, 5.74) is 2.15. The Labute approximate surface area is 146 Å². The van der Waals surface area contributed by atoms with Crippen molar-refractivity contribution < 1.29 is 14.6 Å². The number of nitrogens with zero attached hydrogens (tertiary/aromatic N) is 3. The van der Waals surface area contributed by atoms with Crippen LogP contribution >= 0.6 is 0 Å². The summed E-state index contributed by atoms with van der Waals surface area (Å²) in [6, 6.07) is 15.3. The Morgan fingerprint density at radius 2 is 1.56 bits per heavy atom. The molecule has 1 heterocycles. The van der Waals surface area contributed by atoms with Gasteiger partial charge in [0.25, 0.3) is 0 Å². The Balaban J connectivity index is 1.44. The van der Waals surface area contributed by atoms with Gasteiger partial charge in [0.15, 0.2) is 0 Å². The minimum atomic E-state index is -0.708. The fraction of sp³-hybridized carbons (Fsp3) is 0.263. The molecule has 0 spiro atoms. The van der Waals surface area contributed by atoms with E-state index in [4.69, 9.17) is 9.47 Å². The van der Waals surface area contributed by atoms with Gasteiger partial charge >= 0.3 is 0 Å². The lowest BCUT2D eigenvalue weighted by atomic mass is 10.2. The summed E-state index contributed by atoms with van der Waals surface area (Å²) in [6.45, 7) is 2.45. The van der Waals surface area contributed by atoms with Crippen LogP contribution in [0.3, 0.4) is 0 Å². The van der Waals surface area contributed by atoms with E-state index in [1.54, 1.807) is 11.0 Å². The molecule has 1 unspecified atom stereocenters. The van der Waals surface area contributed by atoms with Crippen molar-refractivity contribution in [2.24, 2.45) is 0 Å². The average Bonchev–Trinajstić information content (AvgIpc) is 3.20. The Bertz CT molecular complexity index is 756. The first kappa shape index (κ1) is 17.0. The topological polar surface area (TPSA) is 69.4 Å². The van der Waals surface area contributed by atoms with Gasteiger partial charge in [0.2, 0.25) is 0 Å². The van der Waals surface area contributed by atoms with E-state index < -0.39 is 6.10 Å². The fourth-order valence-corrected chi connectivity index (χ4v) is 2.29. The van der Waals surface area contributed by atoms with Crippen molar-refractivity contribution in [2.75, 3.05) is 13.2 Å². The van der Waals surface area contributed by atoms with E-state index in [9.17, 15) is 5.11 Å². The molecule has 0 bridgehead atoms. The Morgan fingerprint density at radius 3 is 2.08 bits per heavy atom. The van der Waals surface area contributed by atoms with Crippen LogP contribution in [0, 0.1) is 0 Å².